The molecule has 1 heterocycles. The van der Waals surface area contributed by atoms with E-state index in [0.717, 1.165) is 0 Å². The Balaban J connectivity index is 2.32. The summed E-state index contributed by atoms with van der Waals surface area (Å²) in [5.74, 6) is 0.0734. The maximum Gasteiger partial charge on any atom is 0.243 e. The number of piperidine rings is 1. The molecule has 0 aromatic heterocycles. The van der Waals surface area contributed by atoms with E-state index in [1.807, 2.05) is 6.07 Å². The predicted octanol–water partition coefficient (Wildman–Crippen LogP) is 1.57. The van der Waals surface area contributed by atoms with E-state index >= 15 is 0 Å². The lowest BCUT2D eigenvalue weighted by molar-refractivity contribution is -0.120. The van der Waals surface area contributed by atoms with Gasteiger partial charge in [0.15, 0.2) is 0 Å². The zero-order chi connectivity index (χ0) is 14.0. The monoisotopic (exact) mass is 298 g/mol. The van der Waals surface area contributed by atoms with Crippen molar-refractivity contribution in [1.29, 1.82) is 5.26 Å². The number of nitrogens with zero attached hydrogens (tertiary/aromatic N) is 2. The third-order valence-electron chi connectivity index (χ3n) is 2.98. The van der Waals surface area contributed by atoms with E-state index in [2.05, 4.69) is 0 Å². The minimum Gasteiger partial charge on any atom is -0.300 e. The minimum atomic E-state index is -3.65. The molecule has 0 saturated carbocycles. The summed E-state index contributed by atoms with van der Waals surface area (Å²) in [6, 6.07) is 5.88. The number of sulfonamides is 1. The Kier molecular flexibility index (Phi) is 3.90. The van der Waals surface area contributed by atoms with Crippen LogP contribution >= 0.6 is 11.6 Å². The van der Waals surface area contributed by atoms with Gasteiger partial charge in [-0.1, -0.05) is 11.6 Å². The quantitative estimate of drug-likeness (QED) is 0.830. The van der Waals surface area contributed by atoms with E-state index in [9.17, 15) is 13.2 Å². The summed E-state index contributed by atoms with van der Waals surface area (Å²) in [6.07, 6.45) is 0.479. The number of ketones is 1. The van der Waals surface area contributed by atoms with Gasteiger partial charge in [-0.05, 0) is 18.2 Å². The van der Waals surface area contributed by atoms with Gasteiger partial charge in [-0.2, -0.15) is 9.57 Å². The lowest BCUT2D eigenvalue weighted by atomic mass is 10.1. The molecule has 2 rings (SSSR count). The summed E-state index contributed by atoms with van der Waals surface area (Å²) in [5.41, 5.74) is 0.231. The van der Waals surface area contributed by atoms with E-state index in [-0.39, 0.29) is 47.2 Å². The summed E-state index contributed by atoms with van der Waals surface area (Å²) in [6.45, 7) is 0.386. The van der Waals surface area contributed by atoms with Crippen LogP contribution in [-0.2, 0) is 14.8 Å². The molecule has 0 spiro atoms. The molecule has 0 amide bonds. The van der Waals surface area contributed by atoms with Crippen molar-refractivity contribution in [2.45, 2.75) is 17.7 Å². The Labute approximate surface area is 116 Å². The normalized spacial score (nSPS) is 17.2. The maximum atomic E-state index is 12.3. The molecular weight excluding hydrogens is 288 g/mol. The predicted molar refractivity (Wildman–Crippen MR) is 69.2 cm³/mol. The number of carbonyl (C=O) groups is 1. The molecule has 1 saturated heterocycles. The molecule has 0 radical (unpaired) electrons. The Morgan fingerprint density at radius 1 is 1.26 bits per heavy atom. The Bertz CT molecular complexity index is 654. The first-order valence-electron chi connectivity index (χ1n) is 5.66. The average Bonchev–Trinajstić information content (AvgIpc) is 2.39. The molecule has 0 N–H and O–H groups in total. The molecule has 0 atom stereocenters. The van der Waals surface area contributed by atoms with E-state index in [1.165, 1.54) is 22.5 Å². The van der Waals surface area contributed by atoms with Gasteiger partial charge in [0.2, 0.25) is 10.0 Å². The van der Waals surface area contributed by atoms with Crippen molar-refractivity contribution in [3.63, 3.8) is 0 Å². The number of benzene rings is 1. The number of carbonyl (C=O) groups excluding carboxylic acids is 1. The van der Waals surface area contributed by atoms with Gasteiger partial charge >= 0.3 is 0 Å². The van der Waals surface area contributed by atoms with Gasteiger partial charge in [0.05, 0.1) is 15.5 Å². The second-order valence-electron chi connectivity index (χ2n) is 4.20. The first-order chi connectivity index (χ1) is 8.95. The SMILES string of the molecule is N#Cc1ccc(S(=O)(=O)N2CCC(=O)CC2)cc1Cl. The first kappa shape index (κ1) is 14.0. The first-order valence-corrected chi connectivity index (χ1v) is 7.48. The molecule has 1 aromatic carbocycles. The average molecular weight is 299 g/mol. The fourth-order valence-electron chi connectivity index (χ4n) is 1.87. The molecule has 0 aliphatic carbocycles. The van der Waals surface area contributed by atoms with Crippen LogP contribution < -0.4 is 0 Å². The van der Waals surface area contributed by atoms with Crippen LogP contribution in [0.2, 0.25) is 5.02 Å². The van der Waals surface area contributed by atoms with Crippen LogP contribution in [0.3, 0.4) is 0 Å². The molecule has 5 nitrogen and oxygen atoms in total. The van der Waals surface area contributed by atoms with Gasteiger partial charge in [-0.3, -0.25) is 4.79 Å². The van der Waals surface area contributed by atoms with Gasteiger partial charge < -0.3 is 0 Å². The molecule has 1 aromatic rings. The zero-order valence-electron chi connectivity index (χ0n) is 9.97. The summed E-state index contributed by atoms with van der Waals surface area (Å²) in [7, 11) is -3.65. The standard InChI is InChI=1S/C12H11ClN2O3S/c13-12-7-11(2-1-9(12)8-14)19(17,18)15-5-3-10(16)4-6-15/h1-2,7H,3-6H2. The smallest absolute Gasteiger partial charge is 0.243 e. The van der Waals surface area contributed by atoms with E-state index in [4.69, 9.17) is 16.9 Å². The third kappa shape index (κ3) is 2.78. The number of hydrogen-bond acceptors (Lipinski definition) is 4. The largest absolute Gasteiger partial charge is 0.300 e. The minimum absolute atomic E-state index is 0.0471. The maximum absolute atomic E-state index is 12.3. The van der Waals surface area contributed by atoms with Gasteiger partial charge in [-0.25, -0.2) is 8.42 Å². The van der Waals surface area contributed by atoms with Crippen molar-refractivity contribution in [1.82, 2.24) is 4.31 Å². The van der Waals surface area contributed by atoms with Crippen molar-refractivity contribution < 1.29 is 13.2 Å². The topological polar surface area (TPSA) is 78.2 Å². The second kappa shape index (κ2) is 5.29. The number of halogens is 1. The lowest BCUT2D eigenvalue weighted by Crippen LogP contribution is -2.38. The van der Waals surface area contributed by atoms with Crippen LogP contribution in [0.5, 0.6) is 0 Å². The van der Waals surface area contributed by atoms with Crippen molar-refractivity contribution in [2.75, 3.05) is 13.1 Å². The molecule has 0 bridgehead atoms. The Morgan fingerprint density at radius 3 is 2.42 bits per heavy atom. The van der Waals surface area contributed by atoms with Crippen LogP contribution in [0.1, 0.15) is 18.4 Å². The summed E-state index contributed by atoms with van der Waals surface area (Å²) < 4.78 is 25.9. The molecule has 100 valence electrons. The zero-order valence-corrected chi connectivity index (χ0v) is 11.5. The van der Waals surface area contributed by atoms with Crippen LogP contribution in [0.25, 0.3) is 0 Å². The molecule has 7 heteroatoms. The van der Waals surface area contributed by atoms with Gasteiger partial charge in [0.25, 0.3) is 0 Å². The fourth-order valence-corrected chi connectivity index (χ4v) is 3.63. The summed E-state index contributed by atoms with van der Waals surface area (Å²) in [4.78, 5) is 11.2. The molecular formula is C12H11ClN2O3S. The highest BCUT2D eigenvalue weighted by molar-refractivity contribution is 7.89. The summed E-state index contributed by atoms with van der Waals surface area (Å²) in [5, 5.41) is 8.87. The van der Waals surface area contributed by atoms with E-state index in [1.54, 1.807) is 0 Å². The Morgan fingerprint density at radius 2 is 1.89 bits per heavy atom. The van der Waals surface area contributed by atoms with E-state index < -0.39 is 10.0 Å². The van der Waals surface area contributed by atoms with Gasteiger partial charge in [-0.15, -0.1) is 0 Å². The molecule has 1 aliphatic heterocycles. The highest BCUT2D eigenvalue weighted by Crippen LogP contribution is 2.24. The van der Waals surface area contributed by atoms with Crippen LogP contribution in [0, 0.1) is 11.3 Å². The highest BCUT2D eigenvalue weighted by atomic mass is 35.5. The molecule has 1 fully saturated rings. The number of Topliss-reactive ketones (excluding diaryl/α,β-unsaturated/α-hetero) is 1. The Hall–Kier alpha value is -1.42. The van der Waals surface area contributed by atoms with Crippen LogP contribution in [0.4, 0.5) is 0 Å². The molecule has 1 aliphatic rings. The highest BCUT2D eigenvalue weighted by Gasteiger charge is 2.28. The molecule has 0 unspecified atom stereocenters. The van der Waals surface area contributed by atoms with Crippen molar-refractivity contribution in [3.8, 4) is 6.07 Å². The fraction of sp³-hybridized carbons (Fsp3) is 0.333. The van der Waals surface area contributed by atoms with Crippen molar-refractivity contribution in [3.05, 3.63) is 28.8 Å². The van der Waals surface area contributed by atoms with Crippen LogP contribution in [0.15, 0.2) is 23.1 Å². The van der Waals surface area contributed by atoms with E-state index in [0.29, 0.717) is 0 Å². The second-order valence-corrected chi connectivity index (χ2v) is 6.54. The van der Waals surface area contributed by atoms with Crippen molar-refractivity contribution in [2.24, 2.45) is 0 Å². The lowest BCUT2D eigenvalue weighted by Gasteiger charge is -2.25. The van der Waals surface area contributed by atoms with Gasteiger partial charge in [0, 0.05) is 25.9 Å². The molecule has 19 heavy (non-hydrogen) atoms. The van der Waals surface area contributed by atoms with Crippen LogP contribution in [-0.4, -0.2) is 31.6 Å². The number of nitriles is 1. The van der Waals surface area contributed by atoms with Crippen molar-refractivity contribution >= 4 is 27.4 Å². The number of hydrogen-bond donors (Lipinski definition) is 0. The summed E-state index contributed by atoms with van der Waals surface area (Å²) >= 11 is 5.84. The third-order valence-corrected chi connectivity index (χ3v) is 5.19. The number of rotatable bonds is 2. The van der Waals surface area contributed by atoms with Gasteiger partial charge in [0.1, 0.15) is 11.9 Å².